The zero-order valence-electron chi connectivity index (χ0n) is 7.54. The van der Waals surface area contributed by atoms with Gasteiger partial charge in [-0.3, -0.25) is 9.11 Å². The minimum absolute atomic E-state index is 0. The summed E-state index contributed by atoms with van der Waals surface area (Å²) < 4.78 is 83.0. The SMILES string of the molecule is N.O=S(=O)(O)OOS(=O)(=O)O.O=S([O-])O.[K+]. The number of hydrogen-bond donors (Lipinski definition) is 4. The molecule has 0 heterocycles. The predicted octanol–water partition coefficient (Wildman–Crippen LogP) is -4.96. The standard InChI is InChI=1S/K.H3N.H2O8S2.H2O3S/c;;1-9(2,3)7-8-10(4,5)6;1-4(2)3/h;1H3;(H,1,2,3)(H,4,5,6);(H2,1,2,3)/q+1;;;/p-1. The molecule has 0 rings (SSSR count). The quantitative estimate of drug-likeness (QED) is 0.125. The second-order valence-corrected chi connectivity index (χ2v) is 3.63. The van der Waals surface area contributed by atoms with Gasteiger partial charge in [0.05, 0.1) is 11.4 Å². The molecule has 1 unspecified atom stereocenters. The first-order chi connectivity index (χ1) is 5.94. The van der Waals surface area contributed by atoms with Crippen molar-refractivity contribution < 1.29 is 99.3 Å². The van der Waals surface area contributed by atoms with Gasteiger partial charge in [-0.25, -0.2) is 4.21 Å². The normalized spacial score (nSPS) is 12.2. The molecule has 6 N–H and O–H groups in total. The van der Waals surface area contributed by atoms with Crippen molar-refractivity contribution in [1.29, 1.82) is 0 Å². The van der Waals surface area contributed by atoms with Crippen LogP contribution in [-0.2, 0) is 40.8 Å². The Kier molecular flexibility index (Phi) is 18.7. The molecule has 96 valence electrons. The number of hydrogen-bond acceptors (Lipinski definition) is 9. The van der Waals surface area contributed by atoms with Crippen molar-refractivity contribution >= 4 is 32.2 Å². The third-order valence-electron chi connectivity index (χ3n) is 0.200. The third-order valence-corrected chi connectivity index (χ3v) is 0.766. The van der Waals surface area contributed by atoms with E-state index in [-0.39, 0.29) is 57.5 Å². The molecule has 16 heavy (non-hydrogen) atoms. The van der Waals surface area contributed by atoms with Crippen LogP contribution < -0.4 is 57.5 Å². The van der Waals surface area contributed by atoms with Crippen LogP contribution in [0.3, 0.4) is 0 Å². The first-order valence-electron chi connectivity index (χ1n) is 2.05. The Balaban J connectivity index is -0.000000105. The molecule has 1 atom stereocenters. The fraction of sp³-hybridized carbons (Fsp3) is 0. The van der Waals surface area contributed by atoms with Gasteiger partial charge in [-0.1, -0.05) is 8.67 Å². The molecule has 0 saturated heterocycles. The van der Waals surface area contributed by atoms with Crippen LogP contribution in [0.2, 0.25) is 0 Å². The molecule has 0 bridgehead atoms. The van der Waals surface area contributed by atoms with E-state index in [4.69, 9.17) is 22.4 Å². The Morgan fingerprint density at radius 2 is 1.12 bits per heavy atom. The van der Waals surface area contributed by atoms with Crippen molar-refractivity contribution in [2.45, 2.75) is 0 Å². The second-order valence-electron chi connectivity index (χ2n) is 1.21. The first-order valence-corrected chi connectivity index (χ1v) is 5.81. The van der Waals surface area contributed by atoms with Crippen LogP contribution in [0.15, 0.2) is 0 Å². The maximum atomic E-state index is 9.51. The third kappa shape index (κ3) is 45.2. The van der Waals surface area contributed by atoms with Gasteiger partial charge in [0.1, 0.15) is 0 Å². The van der Waals surface area contributed by atoms with E-state index in [2.05, 4.69) is 8.67 Å². The Hall–Kier alpha value is 1.41. The molecule has 0 aliphatic heterocycles. The Morgan fingerprint density at radius 3 is 1.19 bits per heavy atom. The van der Waals surface area contributed by atoms with Gasteiger partial charge < -0.3 is 15.3 Å². The largest absolute Gasteiger partial charge is 1.00 e. The van der Waals surface area contributed by atoms with Crippen LogP contribution in [0.4, 0.5) is 0 Å². The number of rotatable bonds is 3. The van der Waals surface area contributed by atoms with Gasteiger partial charge in [0, 0.05) is 0 Å². The summed E-state index contributed by atoms with van der Waals surface area (Å²) in [6.07, 6.45) is 0. The summed E-state index contributed by atoms with van der Waals surface area (Å²) in [5.74, 6) is 0. The van der Waals surface area contributed by atoms with Gasteiger partial charge in [0.15, 0.2) is 0 Å². The summed E-state index contributed by atoms with van der Waals surface area (Å²) in [7, 11) is -10.0. The Bertz CT molecular complexity index is 328. The minimum Gasteiger partial charge on any atom is -0.750 e. The van der Waals surface area contributed by atoms with Gasteiger partial charge in [0.2, 0.25) is 0 Å². The first kappa shape index (κ1) is 26.1. The van der Waals surface area contributed by atoms with E-state index in [9.17, 15) is 16.8 Å². The van der Waals surface area contributed by atoms with Crippen LogP contribution in [0.1, 0.15) is 0 Å². The van der Waals surface area contributed by atoms with Crippen molar-refractivity contribution in [3.8, 4) is 0 Å². The van der Waals surface area contributed by atoms with Crippen LogP contribution in [0.25, 0.3) is 0 Å². The van der Waals surface area contributed by atoms with E-state index >= 15 is 0 Å². The van der Waals surface area contributed by atoms with Crippen LogP contribution in [-0.4, -0.2) is 39.3 Å². The molecule has 0 aromatic rings. The molecule has 0 aliphatic rings. The molecule has 0 aliphatic carbocycles. The molecule has 0 fully saturated rings. The maximum Gasteiger partial charge on any atom is 1.00 e. The minimum atomic E-state index is -5.02. The predicted molar refractivity (Wildman–Crippen MR) is 41.8 cm³/mol. The van der Waals surface area contributed by atoms with Crippen LogP contribution >= 0.6 is 0 Å². The summed E-state index contributed by atoms with van der Waals surface area (Å²) in [5.41, 5.74) is 0. The van der Waals surface area contributed by atoms with Crippen molar-refractivity contribution in [3.63, 3.8) is 0 Å². The molecule has 0 saturated carbocycles. The summed E-state index contributed by atoms with van der Waals surface area (Å²) >= 11 is -2.86. The second kappa shape index (κ2) is 11.5. The fourth-order valence-corrected chi connectivity index (χ4v) is 0.632. The smallest absolute Gasteiger partial charge is 0.750 e. The maximum absolute atomic E-state index is 9.51. The fourth-order valence-electron chi connectivity index (χ4n) is 0.0702. The van der Waals surface area contributed by atoms with Crippen molar-refractivity contribution in [2.75, 3.05) is 0 Å². The molecule has 12 nitrogen and oxygen atoms in total. The summed E-state index contributed by atoms with van der Waals surface area (Å²) in [6.45, 7) is 0. The van der Waals surface area contributed by atoms with Gasteiger partial charge in [-0.2, -0.15) is 16.8 Å². The molecule has 0 aromatic heterocycles. The average molecular weight is 331 g/mol. The zero-order valence-corrected chi connectivity index (χ0v) is 13.1. The molecule has 0 radical (unpaired) electrons. The monoisotopic (exact) mass is 331 g/mol. The van der Waals surface area contributed by atoms with Crippen molar-refractivity contribution in [2.24, 2.45) is 0 Å². The van der Waals surface area contributed by atoms with Crippen LogP contribution in [0, 0.1) is 0 Å². The van der Waals surface area contributed by atoms with Gasteiger partial charge in [-0.15, -0.1) is 0 Å². The van der Waals surface area contributed by atoms with Gasteiger partial charge in [-0.05, 0) is 0 Å². The molecule has 0 spiro atoms. The topological polar surface area (TPSA) is 223 Å². The van der Waals surface area contributed by atoms with E-state index < -0.39 is 32.2 Å². The summed E-state index contributed by atoms with van der Waals surface area (Å²) in [5, 5.41) is 0. The van der Waals surface area contributed by atoms with Crippen molar-refractivity contribution in [1.82, 2.24) is 6.15 Å². The summed E-state index contributed by atoms with van der Waals surface area (Å²) in [6, 6.07) is 0. The van der Waals surface area contributed by atoms with E-state index in [0.29, 0.717) is 0 Å². The van der Waals surface area contributed by atoms with E-state index in [0.717, 1.165) is 0 Å². The molecule has 0 amide bonds. The Morgan fingerprint density at radius 1 is 1.00 bits per heavy atom. The Labute approximate surface area is 136 Å². The van der Waals surface area contributed by atoms with Gasteiger partial charge >= 0.3 is 72.2 Å². The molecular weight excluding hydrogens is 325 g/mol. The van der Waals surface area contributed by atoms with E-state index in [1.165, 1.54) is 0 Å². The summed E-state index contributed by atoms with van der Waals surface area (Å²) in [4.78, 5) is 0. The van der Waals surface area contributed by atoms with Gasteiger partial charge in [0.25, 0.3) is 0 Å². The van der Waals surface area contributed by atoms with Crippen molar-refractivity contribution in [3.05, 3.63) is 0 Å². The molecular formula is H6KNO11S3. The molecule has 16 heteroatoms. The zero-order chi connectivity index (χ0) is 12.0. The van der Waals surface area contributed by atoms with E-state index in [1.54, 1.807) is 0 Å². The molecule has 0 aromatic carbocycles. The van der Waals surface area contributed by atoms with E-state index in [1.807, 2.05) is 0 Å². The van der Waals surface area contributed by atoms with Crippen LogP contribution in [0.5, 0.6) is 0 Å². The average Bonchev–Trinajstić information content (AvgIpc) is 1.79.